The summed E-state index contributed by atoms with van der Waals surface area (Å²) in [4.78, 5) is 13.2. The van der Waals surface area contributed by atoms with Crippen molar-refractivity contribution in [3.63, 3.8) is 0 Å². The van der Waals surface area contributed by atoms with Crippen molar-refractivity contribution in [1.29, 1.82) is 0 Å². The molecule has 2 heterocycles. The van der Waals surface area contributed by atoms with Crippen LogP contribution in [0.25, 0.3) is 0 Å². The number of hydrogen-bond acceptors (Lipinski definition) is 5. The van der Waals surface area contributed by atoms with Crippen molar-refractivity contribution in [2.45, 2.75) is 33.1 Å². The predicted octanol–water partition coefficient (Wildman–Crippen LogP) is 1.72. The Kier molecular flexibility index (Phi) is 5.17. The lowest BCUT2D eigenvalue weighted by Gasteiger charge is -2.32. The highest BCUT2D eigenvalue weighted by atomic mass is 16.6. The second-order valence-electron chi connectivity index (χ2n) is 5.59. The van der Waals surface area contributed by atoms with Gasteiger partial charge < -0.3 is 10.2 Å². The summed E-state index contributed by atoms with van der Waals surface area (Å²) in [5.74, 6) is 1.33. The van der Waals surface area contributed by atoms with Gasteiger partial charge in [0.25, 0.3) is 0 Å². The Morgan fingerprint density at radius 2 is 2.05 bits per heavy atom. The molecule has 2 rings (SSSR count). The standard InChI is InChI=1S/C14H25N5O2/c1-4-12-13(19(20)21)14(17(3)16-12)18-8-6-11(7-9-18)10-15-5-2/h11,15H,4-10H2,1-3H3. The number of hydrogen-bond donors (Lipinski definition) is 1. The molecule has 1 saturated heterocycles. The molecule has 0 radical (unpaired) electrons. The van der Waals surface area contributed by atoms with Crippen molar-refractivity contribution in [2.24, 2.45) is 13.0 Å². The number of nitrogens with zero attached hydrogens (tertiary/aromatic N) is 4. The van der Waals surface area contributed by atoms with E-state index in [1.807, 2.05) is 6.92 Å². The van der Waals surface area contributed by atoms with Crippen molar-refractivity contribution in [1.82, 2.24) is 15.1 Å². The fraction of sp³-hybridized carbons (Fsp3) is 0.786. The van der Waals surface area contributed by atoms with Crippen molar-refractivity contribution >= 4 is 11.5 Å². The highest BCUT2D eigenvalue weighted by molar-refractivity contribution is 5.61. The average Bonchev–Trinajstić information content (AvgIpc) is 2.82. The van der Waals surface area contributed by atoms with Gasteiger partial charge in [-0.2, -0.15) is 5.10 Å². The number of anilines is 1. The van der Waals surface area contributed by atoms with Crippen molar-refractivity contribution < 1.29 is 4.92 Å². The summed E-state index contributed by atoms with van der Waals surface area (Å²) in [6.45, 7) is 7.77. The van der Waals surface area contributed by atoms with Gasteiger partial charge in [0.1, 0.15) is 5.69 Å². The van der Waals surface area contributed by atoms with Crippen LogP contribution in [0.2, 0.25) is 0 Å². The molecule has 7 heteroatoms. The minimum Gasteiger partial charge on any atom is -0.351 e. The first-order valence-corrected chi connectivity index (χ1v) is 7.74. The van der Waals surface area contributed by atoms with Crippen LogP contribution in [0.1, 0.15) is 32.4 Å². The average molecular weight is 295 g/mol. The molecule has 1 aliphatic heterocycles. The number of rotatable bonds is 6. The lowest BCUT2D eigenvalue weighted by Crippen LogP contribution is -2.38. The summed E-state index contributed by atoms with van der Waals surface area (Å²) in [7, 11) is 1.80. The van der Waals surface area contributed by atoms with E-state index in [0.29, 0.717) is 23.9 Å². The summed E-state index contributed by atoms with van der Waals surface area (Å²) in [6, 6.07) is 0. The second kappa shape index (κ2) is 6.89. The van der Waals surface area contributed by atoms with E-state index >= 15 is 0 Å². The molecule has 118 valence electrons. The van der Waals surface area contributed by atoms with Crippen molar-refractivity contribution in [3.8, 4) is 0 Å². The Hall–Kier alpha value is -1.63. The molecule has 0 bridgehead atoms. The fourth-order valence-electron chi connectivity index (χ4n) is 3.04. The third kappa shape index (κ3) is 3.34. The third-order valence-electron chi connectivity index (χ3n) is 4.18. The van der Waals surface area contributed by atoms with E-state index in [-0.39, 0.29) is 10.6 Å². The maximum absolute atomic E-state index is 11.4. The highest BCUT2D eigenvalue weighted by Gasteiger charge is 2.31. The zero-order valence-electron chi connectivity index (χ0n) is 13.1. The minimum atomic E-state index is -0.286. The number of nitro groups is 1. The molecule has 1 aliphatic rings. The van der Waals surface area contributed by atoms with E-state index in [9.17, 15) is 10.1 Å². The SMILES string of the molecule is CCNCC1CCN(c2c([N+](=O)[O-])c(CC)nn2C)CC1. The Balaban J connectivity index is 2.13. The van der Waals surface area contributed by atoms with Crippen molar-refractivity contribution in [2.75, 3.05) is 31.1 Å². The zero-order chi connectivity index (χ0) is 15.4. The molecule has 1 fully saturated rings. The second-order valence-corrected chi connectivity index (χ2v) is 5.59. The molecule has 0 spiro atoms. The molecule has 0 aliphatic carbocycles. The number of aromatic nitrogens is 2. The maximum atomic E-state index is 11.4. The van der Waals surface area contributed by atoms with Gasteiger partial charge in [-0.15, -0.1) is 0 Å². The van der Waals surface area contributed by atoms with E-state index in [2.05, 4.69) is 22.2 Å². The molecule has 0 atom stereocenters. The van der Waals surface area contributed by atoms with Gasteiger partial charge in [0, 0.05) is 20.1 Å². The van der Waals surface area contributed by atoms with Gasteiger partial charge in [-0.3, -0.25) is 10.1 Å². The summed E-state index contributed by atoms with van der Waals surface area (Å²) in [5, 5.41) is 19.1. The molecule has 7 nitrogen and oxygen atoms in total. The van der Waals surface area contributed by atoms with Crippen LogP contribution in [-0.2, 0) is 13.5 Å². The van der Waals surface area contributed by atoms with Gasteiger partial charge in [-0.1, -0.05) is 13.8 Å². The molecule has 1 aromatic heterocycles. The Morgan fingerprint density at radius 3 is 2.57 bits per heavy atom. The molecule has 1 N–H and O–H groups in total. The maximum Gasteiger partial charge on any atom is 0.334 e. The first-order chi connectivity index (χ1) is 10.1. The van der Waals surface area contributed by atoms with Gasteiger partial charge in [-0.25, -0.2) is 4.68 Å². The van der Waals surface area contributed by atoms with Gasteiger partial charge in [0.15, 0.2) is 0 Å². The molecule has 0 aromatic carbocycles. The van der Waals surface area contributed by atoms with Crippen LogP contribution in [0, 0.1) is 16.0 Å². The molecular weight excluding hydrogens is 270 g/mol. The molecule has 0 amide bonds. The monoisotopic (exact) mass is 295 g/mol. The quantitative estimate of drug-likeness (QED) is 0.639. The summed E-state index contributed by atoms with van der Waals surface area (Å²) in [5.41, 5.74) is 0.761. The van der Waals surface area contributed by atoms with E-state index in [1.54, 1.807) is 11.7 Å². The van der Waals surface area contributed by atoms with E-state index in [1.165, 1.54) is 0 Å². The Morgan fingerprint density at radius 1 is 1.38 bits per heavy atom. The van der Waals surface area contributed by atoms with Crippen LogP contribution in [0.3, 0.4) is 0 Å². The normalized spacial score (nSPS) is 16.4. The van der Waals surface area contributed by atoms with Gasteiger partial charge in [0.05, 0.1) is 4.92 Å². The zero-order valence-corrected chi connectivity index (χ0v) is 13.1. The first-order valence-electron chi connectivity index (χ1n) is 7.74. The third-order valence-corrected chi connectivity index (χ3v) is 4.18. The Bertz CT molecular complexity index is 492. The van der Waals surface area contributed by atoms with Gasteiger partial charge in [-0.05, 0) is 38.3 Å². The van der Waals surface area contributed by atoms with Crippen LogP contribution < -0.4 is 10.2 Å². The lowest BCUT2D eigenvalue weighted by atomic mass is 9.96. The smallest absolute Gasteiger partial charge is 0.334 e. The van der Waals surface area contributed by atoms with Crippen LogP contribution in [0.5, 0.6) is 0 Å². The molecular formula is C14H25N5O2. The fourth-order valence-corrected chi connectivity index (χ4v) is 3.04. The lowest BCUT2D eigenvalue weighted by molar-refractivity contribution is -0.384. The highest BCUT2D eigenvalue weighted by Crippen LogP contribution is 2.34. The van der Waals surface area contributed by atoms with Gasteiger partial charge >= 0.3 is 5.69 Å². The molecule has 0 unspecified atom stereocenters. The van der Waals surface area contributed by atoms with E-state index in [0.717, 1.165) is 39.0 Å². The van der Waals surface area contributed by atoms with Crippen LogP contribution in [0.15, 0.2) is 0 Å². The summed E-state index contributed by atoms with van der Waals surface area (Å²) < 4.78 is 1.67. The summed E-state index contributed by atoms with van der Waals surface area (Å²) >= 11 is 0. The van der Waals surface area contributed by atoms with Crippen LogP contribution >= 0.6 is 0 Å². The first kappa shape index (κ1) is 15.8. The molecule has 21 heavy (non-hydrogen) atoms. The largest absolute Gasteiger partial charge is 0.351 e. The number of piperidine rings is 1. The number of aryl methyl sites for hydroxylation is 2. The Labute approximate surface area is 125 Å². The molecule has 1 aromatic rings. The predicted molar refractivity (Wildman–Crippen MR) is 82.7 cm³/mol. The number of nitrogens with one attached hydrogen (secondary N) is 1. The van der Waals surface area contributed by atoms with Crippen LogP contribution in [0.4, 0.5) is 11.5 Å². The van der Waals surface area contributed by atoms with Gasteiger partial charge in [0.2, 0.25) is 5.82 Å². The topological polar surface area (TPSA) is 76.2 Å². The molecule has 0 saturated carbocycles. The van der Waals surface area contributed by atoms with E-state index in [4.69, 9.17) is 0 Å². The van der Waals surface area contributed by atoms with Crippen molar-refractivity contribution in [3.05, 3.63) is 15.8 Å². The van der Waals surface area contributed by atoms with Crippen LogP contribution in [-0.4, -0.2) is 40.9 Å². The summed E-state index contributed by atoms with van der Waals surface area (Å²) in [6.07, 6.45) is 2.72. The minimum absolute atomic E-state index is 0.185. The van der Waals surface area contributed by atoms with E-state index < -0.39 is 0 Å².